The number of halogens is 1. The fourth-order valence-electron chi connectivity index (χ4n) is 3.93. The number of fused-ring (bicyclic) bond motifs is 3. The van der Waals surface area contributed by atoms with Crippen molar-refractivity contribution in [3.8, 4) is 0 Å². The summed E-state index contributed by atoms with van der Waals surface area (Å²) in [5.41, 5.74) is 4.05. The van der Waals surface area contributed by atoms with E-state index in [-0.39, 0.29) is 11.3 Å². The van der Waals surface area contributed by atoms with Crippen molar-refractivity contribution in [2.75, 3.05) is 0 Å². The Hall–Kier alpha value is -4.11. The lowest BCUT2D eigenvalue weighted by atomic mass is 10.1. The Morgan fingerprint density at radius 2 is 1.85 bits per heavy atom. The number of aryl methyl sites for hydroxylation is 1. The highest BCUT2D eigenvalue weighted by molar-refractivity contribution is 6.06. The number of rotatable bonds is 6. The van der Waals surface area contributed by atoms with Crippen molar-refractivity contribution in [2.45, 2.75) is 26.6 Å². The van der Waals surface area contributed by atoms with Gasteiger partial charge in [0, 0.05) is 55.2 Å². The number of hydrogen-bond donors (Lipinski definition) is 2. The van der Waals surface area contributed by atoms with Gasteiger partial charge in [-0.05, 0) is 36.2 Å². The maximum atomic E-state index is 13.3. The van der Waals surface area contributed by atoms with E-state index in [1.165, 1.54) is 18.3 Å². The summed E-state index contributed by atoms with van der Waals surface area (Å²) in [4.78, 5) is 25.4. The predicted molar refractivity (Wildman–Crippen MR) is 121 cm³/mol. The van der Waals surface area contributed by atoms with Crippen LogP contribution in [-0.2, 0) is 19.6 Å². The number of aromatic nitrogens is 5. The van der Waals surface area contributed by atoms with Gasteiger partial charge in [-0.15, -0.1) is 0 Å². The molecule has 33 heavy (non-hydrogen) atoms. The van der Waals surface area contributed by atoms with Gasteiger partial charge in [0.1, 0.15) is 11.3 Å². The number of nitrogens with zero attached hydrogens (tertiary/aromatic N) is 5. The highest BCUT2D eigenvalue weighted by Crippen LogP contribution is 2.28. The van der Waals surface area contributed by atoms with Crippen molar-refractivity contribution in [3.05, 3.63) is 100 Å². The zero-order chi connectivity index (χ0) is 22.9. The van der Waals surface area contributed by atoms with E-state index in [0.29, 0.717) is 29.8 Å². The van der Waals surface area contributed by atoms with Crippen LogP contribution in [0.1, 0.15) is 22.5 Å². The highest BCUT2D eigenvalue weighted by atomic mass is 19.1. The van der Waals surface area contributed by atoms with Crippen LogP contribution in [0, 0.1) is 12.7 Å². The molecule has 0 saturated carbocycles. The first-order valence-electron chi connectivity index (χ1n) is 10.4. The molecule has 0 spiro atoms. The first kappa shape index (κ1) is 20.8. The second kappa shape index (κ2) is 8.44. The average molecular weight is 444 g/mol. The van der Waals surface area contributed by atoms with Gasteiger partial charge in [-0.1, -0.05) is 12.1 Å². The van der Waals surface area contributed by atoms with Crippen molar-refractivity contribution >= 4 is 21.8 Å². The number of hydrogen-bond acceptors (Lipinski definition) is 6. The lowest BCUT2D eigenvalue weighted by Crippen LogP contribution is -2.18. The monoisotopic (exact) mass is 444 g/mol. The highest BCUT2D eigenvalue weighted by Gasteiger charge is 2.15. The molecule has 5 aromatic rings. The lowest BCUT2D eigenvalue weighted by molar-refractivity contribution is 0.176. The van der Waals surface area contributed by atoms with E-state index in [4.69, 9.17) is 0 Å². The van der Waals surface area contributed by atoms with Gasteiger partial charge in [-0.2, -0.15) is 4.73 Å². The Morgan fingerprint density at radius 3 is 2.61 bits per heavy atom. The van der Waals surface area contributed by atoms with Gasteiger partial charge in [0.15, 0.2) is 0 Å². The average Bonchev–Trinajstić information content (AvgIpc) is 3.16. The molecule has 4 aromatic heterocycles. The van der Waals surface area contributed by atoms with Crippen LogP contribution in [0.15, 0.2) is 66.1 Å². The molecular formula is C24H21FN6O2. The van der Waals surface area contributed by atoms with E-state index < -0.39 is 5.56 Å². The molecule has 0 unspecified atom stereocenters. The molecule has 166 valence electrons. The van der Waals surface area contributed by atoms with Crippen molar-refractivity contribution in [1.29, 1.82) is 0 Å². The molecule has 0 aliphatic heterocycles. The zero-order valence-corrected chi connectivity index (χ0v) is 17.9. The van der Waals surface area contributed by atoms with E-state index in [1.807, 2.05) is 17.7 Å². The Morgan fingerprint density at radius 1 is 1.03 bits per heavy atom. The second-order valence-corrected chi connectivity index (χ2v) is 7.91. The number of nitrogens with one attached hydrogen (secondary N) is 1. The van der Waals surface area contributed by atoms with Crippen LogP contribution in [0.2, 0.25) is 0 Å². The first-order chi connectivity index (χ1) is 16.0. The quantitative estimate of drug-likeness (QED) is 0.391. The molecule has 2 N–H and O–H groups in total. The molecule has 0 aliphatic rings. The molecular weight excluding hydrogens is 423 g/mol. The van der Waals surface area contributed by atoms with Gasteiger partial charge < -0.3 is 15.1 Å². The molecule has 4 heterocycles. The Labute approximate surface area is 188 Å². The fourth-order valence-corrected chi connectivity index (χ4v) is 3.93. The van der Waals surface area contributed by atoms with E-state index in [2.05, 4.69) is 20.3 Å². The smallest absolute Gasteiger partial charge is 0.309 e. The summed E-state index contributed by atoms with van der Waals surface area (Å²) in [7, 11) is 0. The summed E-state index contributed by atoms with van der Waals surface area (Å²) in [5.74, 6) is -0.284. The van der Waals surface area contributed by atoms with Crippen LogP contribution < -0.4 is 10.9 Å². The van der Waals surface area contributed by atoms with Gasteiger partial charge in [-0.25, -0.2) is 9.37 Å². The first-order valence-corrected chi connectivity index (χ1v) is 10.4. The summed E-state index contributed by atoms with van der Waals surface area (Å²) in [6, 6.07) is 8.04. The minimum absolute atomic E-state index is 0.192. The van der Waals surface area contributed by atoms with Crippen molar-refractivity contribution < 1.29 is 9.60 Å². The summed E-state index contributed by atoms with van der Waals surface area (Å²) in [6.07, 6.45) is 8.43. The normalized spacial score (nSPS) is 11.5. The predicted octanol–water partition coefficient (Wildman–Crippen LogP) is 3.16. The minimum atomic E-state index is -0.575. The van der Waals surface area contributed by atoms with Crippen LogP contribution in [0.3, 0.4) is 0 Å². The van der Waals surface area contributed by atoms with E-state index in [0.717, 1.165) is 33.4 Å². The fraction of sp³-hybridized carbons (Fsp3) is 0.167. The zero-order valence-electron chi connectivity index (χ0n) is 17.9. The summed E-state index contributed by atoms with van der Waals surface area (Å²) < 4.78 is 15.9. The molecule has 0 aliphatic carbocycles. The van der Waals surface area contributed by atoms with Crippen molar-refractivity contribution in [1.82, 2.24) is 29.6 Å². The van der Waals surface area contributed by atoms with Gasteiger partial charge >= 0.3 is 5.56 Å². The molecule has 0 atom stereocenters. The molecule has 0 radical (unpaired) electrons. The van der Waals surface area contributed by atoms with Gasteiger partial charge in [-0.3, -0.25) is 14.8 Å². The molecule has 0 saturated heterocycles. The van der Waals surface area contributed by atoms with Gasteiger partial charge in [0.05, 0.1) is 23.1 Å². The maximum Gasteiger partial charge on any atom is 0.309 e. The van der Waals surface area contributed by atoms with Gasteiger partial charge in [0.2, 0.25) is 0 Å². The molecule has 0 fully saturated rings. The summed E-state index contributed by atoms with van der Waals surface area (Å²) in [5, 5.41) is 14.7. The Balaban J connectivity index is 1.55. The van der Waals surface area contributed by atoms with Crippen LogP contribution in [-0.4, -0.2) is 29.5 Å². The third kappa shape index (κ3) is 4.06. The Kier molecular flexibility index (Phi) is 5.31. The molecule has 5 rings (SSSR count). The van der Waals surface area contributed by atoms with E-state index >= 15 is 0 Å². The third-order valence-electron chi connectivity index (χ3n) is 5.55. The number of benzene rings is 1. The topological polar surface area (TPSA) is 97.9 Å². The van der Waals surface area contributed by atoms with E-state index in [1.54, 1.807) is 36.8 Å². The molecule has 0 bridgehead atoms. The van der Waals surface area contributed by atoms with Crippen LogP contribution in [0.25, 0.3) is 21.8 Å². The SMILES string of the molecule is Cc1cnc(CNCc2cn(Cc3ccc(F)cc3)c3cnc4c(=O)n(O)ccc4c23)cn1. The van der Waals surface area contributed by atoms with E-state index in [9.17, 15) is 14.4 Å². The number of pyridine rings is 2. The van der Waals surface area contributed by atoms with Crippen LogP contribution >= 0.6 is 0 Å². The van der Waals surface area contributed by atoms with Crippen molar-refractivity contribution in [2.24, 2.45) is 0 Å². The van der Waals surface area contributed by atoms with Crippen LogP contribution in [0.4, 0.5) is 4.39 Å². The minimum Gasteiger partial charge on any atom is -0.425 e. The molecule has 8 nitrogen and oxygen atoms in total. The summed E-state index contributed by atoms with van der Waals surface area (Å²) in [6.45, 7) is 3.46. The van der Waals surface area contributed by atoms with Gasteiger partial charge in [0.25, 0.3) is 0 Å². The summed E-state index contributed by atoms with van der Waals surface area (Å²) >= 11 is 0. The molecule has 9 heteroatoms. The standard InChI is InChI=1S/C24H21FN6O2/c1-15-8-28-19(11-27-15)10-26-9-17-14-30(13-16-2-4-18(25)5-3-16)21-12-29-23-20(22(17)21)6-7-31(33)24(23)32/h2-8,11-12,14,26,33H,9-10,13H2,1H3. The van der Waals surface area contributed by atoms with Crippen LogP contribution in [0.5, 0.6) is 0 Å². The molecule has 0 amide bonds. The maximum absolute atomic E-state index is 13.3. The second-order valence-electron chi connectivity index (χ2n) is 7.91. The lowest BCUT2D eigenvalue weighted by Gasteiger charge is -2.07. The molecule has 1 aromatic carbocycles. The third-order valence-corrected chi connectivity index (χ3v) is 5.55. The Bertz CT molecular complexity index is 1510. The largest absolute Gasteiger partial charge is 0.425 e. The van der Waals surface area contributed by atoms with Crippen molar-refractivity contribution in [3.63, 3.8) is 0 Å².